The van der Waals surface area contributed by atoms with Crippen molar-refractivity contribution < 1.29 is 30.8 Å². The van der Waals surface area contributed by atoms with E-state index in [0.717, 1.165) is 24.4 Å². The predicted octanol–water partition coefficient (Wildman–Crippen LogP) is 5.63. The minimum atomic E-state index is -4.54. The second-order valence-corrected chi connectivity index (χ2v) is 7.44. The number of halogens is 7. The summed E-state index contributed by atoms with van der Waals surface area (Å²) in [6.07, 6.45) is -7.69. The van der Waals surface area contributed by atoms with Gasteiger partial charge in [-0.2, -0.15) is 31.3 Å². The van der Waals surface area contributed by atoms with Gasteiger partial charge in [0.05, 0.1) is 16.1 Å². The standard InChI is InChI=1S/C19H15ClF6N4O/c20-13-8-12(19(24,25)26)10-27-16(13)29-4-1-5-30(7-6-29)17-28-14-9-11(18(21,22)23)2-3-15(14)31-17/h2-3,8-10H,1,4-7H2. The SMILES string of the molecule is FC(F)(F)c1cnc(N2CCCN(c3nc4cc(C(F)(F)F)ccc4o3)CC2)c(Cl)c1. The lowest BCUT2D eigenvalue weighted by atomic mass is 10.2. The molecule has 0 spiro atoms. The Morgan fingerprint density at radius 2 is 1.55 bits per heavy atom. The smallest absolute Gasteiger partial charge is 0.417 e. The van der Waals surface area contributed by atoms with Gasteiger partial charge in [0.15, 0.2) is 5.58 Å². The van der Waals surface area contributed by atoms with Gasteiger partial charge in [-0.25, -0.2) is 4.98 Å². The van der Waals surface area contributed by atoms with E-state index < -0.39 is 23.5 Å². The van der Waals surface area contributed by atoms with E-state index in [1.807, 2.05) is 0 Å². The molecule has 1 aliphatic rings. The van der Waals surface area contributed by atoms with E-state index in [9.17, 15) is 26.3 Å². The van der Waals surface area contributed by atoms with Crippen molar-refractivity contribution in [2.75, 3.05) is 36.0 Å². The van der Waals surface area contributed by atoms with Crippen LogP contribution in [0.4, 0.5) is 38.2 Å². The van der Waals surface area contributed by atoms with Crippen molar-refractivity contribution in [3.8, 4) is 0 Å². The number of benzene rings is 1. The lowest BCUT2D eigenvalue weighted by molar-refractivity contribution is -0.138. The zero-order chi connectivity index (χ0) is 22.4. The molecule has 5 nitrogen and oxygen atoms in total. The third-order valence-electron chi connectivity index (χ3n) is 4.92. The molecule has 3 aromatic rings. The van der Waals surface area contributed by atoms with Gasteiger partial charge in [0, 0.05) is 32.4 Å². The lowest BCUT2D eigenvalue weighted by Gasteiger charge is -2.23. The molecular weight excluding hydrogens is 450 g/mol. The fourth-order valence-corrected chi connectivity index (χ4v) is 3.65. The molecule has 0 radical (unpaired) electrons. The number of fused-ring (bicyclic) bond motifs is 1. The highest BCUT2D eigenvalue weighted by Crippen LogP contribution is 2.35. The molecule has 3 heterocycles. The number of alkyl halides is 6. The first-order valence-electron chi connectivity index (χ1n) is 9.23. The summed E-state index contributed by atoms with van der Waals surface area (Å²) in [5.74, 6) is 0.240. The summed E-state index contributed by atoms with van der Waals surface area (Å²) in [6.45, 7) is 1.71. The Balaban J connectivity index is 1.52. The topological polar surface area (TPSA) is 45.4 Å². The van der Waals surface area contributed by atoms with Gasteiger partial charge in [0.1, 0.15) is 11.3 Å². The van der Waals surface area contributed by atoms with Crippen LogP contribution < -0.4 is 9.80 Å². The minimum absolute atomic E-state index is 0.0957. The fraction of sp³-hybridized carbons (Fsp3) is 0.368. The molecule has 2 aromatic heterocycles. The monoisotopic (exact) mass is 464 g/mol. The Morgan fingerprint density at radius 3 is 2.23 bits per heavy atom. The van der Waals surface area contributed by atoms with Crippen molar-refractivity contribution in [2.45, 2.75) is 18.8 Å². The largest absolute Gasteiger partial charge is 0.423 e. The number of nitrogens with zero attached hydrogens (tertiary/aromatic N) is 4. The van der Waals surface area contributed by atoms with E-state index in [1.54, 1.807) is 9.80 Å². The van der Waals surface area contributed by atoms with Gasteiger partial charge in [-0.1, -0.05) is 11.6 Å². The Kier molecular flexibility index (Phi) is 5.40. The van der Waals surface area contributed by atoms with Gasteiger partial charge in [-0.15, -0.1) is 0 Å². The molecule has 1 fully saturated rings. The van der Waals surface area contributed by atoms with Crippen molar-refractivity contribution in [3.63, 3.8) is 0 Å². The van der Waals surface area contributed by atoms with Crippen LogP contribution >= 0.6 is 11.6 Å². The highest BCUT2D eigenvalue weighted by atomic mass is 35.5. The van der Waals surface area contributed by atoms with Crippen LogP contribution in [0.15, 0.2) is 34.9 Å². The number of anilines is 2. The van der Waals surface area contributed by atoms with Gasteiger partial charge >= 0.3 is 12.4 Å². The van der Waals surface area contributed by atoms with Gasteiger partial charge in [0.2, 0.25) is 0 Å². The quantitative estimate of drug-likeness (QED) is 0.460. The fourth-order valence-electron chi connectivity index (χ4n) is 3.37. The first-order valence-corrected chi connectivity index (χ1v) is 9.60. The Bertz CT molecular complexity index is 1100. The predicted molar refractivity (Wildman–Crippen MR) is 102 cm³/mol. The van der Waals surface area contributed by atoms with Crippen LogP contribution in [0.5, 0.6) is 0 Å². The molecule has 31 heavy (non-hydrogen) atoms. The second kappa shape index (κ2) is 7.77. The number of hydrogen-bond acceptors (Lipinski definition) is 5. The average Bonchev–Trinajstić information content (AvgIpc) is 2.95. The van der Waals surface area contributed by atoms with E-state index in [2.05, 4.69) is 9.97 Å². The van der Waals surface area contributed by atoms with Crippen molar-refractivity contribution >= 4 is 34.5 Å². The summed E-state index contributed by atoms with van der Waals surface area (Å²) in [4.78, 5) is 11.6. The zero-order valence-electron chi connectivity index (χ0n) is 15.8. The third-order valence-corrected chi connectivity index (χ3v) is 5.20. The molecule has 0 amide bonds. The molecular formula is C19H15ClF6N4O. The summed E-state index contributed by atoms with van der Waals surface area (Å²) in [6, 6.07) is 4.11. The molecule has 166 valence electrons. The molecule has 4 rings (SSSR count). The molecule has 1 saturated heterocycles. The molecule has 0 saturated carbocycles. The maximum atomic E-state index is 12.9. The normalized spacial score (nSPS) is 16.1. The van der Waals surface area contributed by atoms with Crippen LogP contribution in [-0.4, -0.2) is 36.1 Å². The van der Waals surface area contributed by atoms with Gasteiger partial charge < -0.3 is 14.2 Å². The maximum Gasteiger partial charge on any atom is 0.417 e. The number of aromatic nitrogens is 2. The molecule has 0 bridgehead atoms. The number of oxazole rings is 1. The highest BCUT2D eigenvalue weighted by molar-refractivity contribution is 6.33. The summed E-state index contributed by atoms with van der Waals surface area (Å²) in [7, 11) is 0. The van der Waals surface area contributed by atoms with Crippen LogP contribution in [0, 0.1) is 0 Å². The third kappa shape index (κ3) is 4.51. The minimum Gasteiger partial charge on any atom is -0.423 e. The molecule has 0 N–H and O–H groups in total. The van der Waals surface area contributed by atoms with Crippen molar-refractivity contribution in [3.05, 3.63) is 46.6 Å². The summed E-state index contributed by atoms with van der Waals surface area (Å²) >= 11 is 6.04. The second-order valence-electron chi connectivity index (χ2n) is 7.03. The first-order chi connectivity index (χ1) is 14.5. The molecule has 12 heteroatoms. The summed E-state index contributed by atoms with van der Waals surface area (Å²) in [5, 5.41) is -0.107. The zero-order valence-corrected chi connectivity index (χ0v) is 16.5. The van der Waals surface area contributed by atoms with Gasteiger partial charge in [-0.05, 0) is 30.7 Å². The molecule has 0 unspecified atom stereocenters. The van der Waals surface area contributed by atoms with Crippen LogP contribution in [0.25, 0.3) is 11.1 Å². The first kappa shape index (κ1) is 21.5. The van der Waals surface area contributed by atoms with Gasteiger partial charge in [-0.3, -0.25) is 0 Å². The van der Waals surface area contributed by atoms with Crippen LogP contribution in [0.3, 0.4) is 0 Å². The number of hydrogen-bond donors (Lipinski definition) is 0. The summed E-state index contributed by atoms with van der Waals surface area (Å²) in [5.41, 5.74) is -1.41. The maximum absolute atomic E-state index is 12.9. The van der Waals surface area contributed by atoms with Crippen molar-refractivity contribution in [2.24, 2.45) is 0 Å². The Labute approximate surface area is 177 Å². The van der Waals surface area contributed by atoms with Crippen molar-refractivity contribution in [1.82, 2.24) is 9.97 Å². The van der Waals surface area contributed by atoms with Crippen LogP contribution in [0.2, 0.25) is 5.02 Å². The van der Waals surface area contributed by atoms with E-state index >= 15 is 0 Å². The lowest BCUT2D eigenvalue weighted by Crippen LogP contribution is -2.31. The highest BCUT2D eigenvalue weighted by Gasteiger charge is 2.33. The van der Waals surface area contributed by atoms with E-state index in [-0.39, 0.29) is 28.0 Å². The number of rotatable bonds is 2. The van der Waals surface area contributed by atoms with Crippen molar-refractivity contribution in [1.29, 1.82) is 0 Å². The van der Waals surface area contributed by atoms with E-state index in [4.69, 9.17) is 16.0 Å². The van der Waals surface area contributed by atoms with E-state index in [1.165, 1.54) is 6.07 Å². The van der Waals surface area contributed by atoms with E-state index in [0.29, 0.717) is 32.6 Å². The average molecular weight is 465 g/mol. The Morgan fingerprint density at radius 1 is 0.871 bits per heavy atom. The molecule has 0 atom stereocenters. The molecule has 1 aliphatic heterocycles. The summed E-state index contributed by atoms with van der Waals surface area (Å²) < 4.78 is 82.8. The molecule has 0 aliphatic carbocycles. The van der Waals surface area contributed by atoms with Gasteiger partial charge in [0.25, 0.3) is 6.01 Å². The van der Waals surface area contributed by atoms with Crippen LogP contribution in [0.1, 0.15) is 17.5 Å². The Hall–Kier alpha value is -2.69. The molecule has 1 aromatic carbocycles. The number of pyridine rings is 1. The van der Waals surface area contributed by atoms with Crippen LogP contribution in [-0.2, 0) is 12.4 Å².